The van der Waals surface area contributed by atoms with E-state index in [1.165, 1.54) is 0 Å². The first-order valence-electron chi connectivity index (χ1n) is 5.31. The molecule has 0 amide bonds. The van der Waals surface area contributed by atoms with Gasteiger partial charge < -0.3 is 10.5 Å². The topological polar surface area (TPSA) is 48.1 Å². The van der Waals surface area contributed by atoms with Crippen molar-refractivity contribution in [2.75, 3.05) is 7.11 Å². The maximum atomic E-state index is 6.03. The first-order valence-corrected chi connectivity index (χ1v) is 6.19. The molecule has 2 unspecified atom stereocenters. The van der Waals surface area contributed by atoms with Crippen LogP contribution in [0.1, 0.15) is 30.5 Å². The van der Waals surface area contributed by atoms with E-state index in [-0.39, 0.29) is 6.04 Å². The Morgan fingerprint density at radius 1 is 1.53 bits per heavy atom. The smallest absolute Gasteiger partial charge is 0.0943 e. The van der Waals surface area contributed by atoms with Gasteiger partial charge in [0.2, 0.25) is 0 Å². The van der Waals surface area contributed by atoms with Crippen molar-refractivity contribution in [1.29, 1.82) is 0 Å². The zero-order valence-corrected chi connectivity index (χ0v) is 10.5. The summed E-state index contributed by atoms with van der Waals surface area (Å²) in [6.45, 7) is 4.08. The van der Waals surface area contributed by atoms with Gasteiger partial charge in [-0.3, -0.25) is 0 Å². The lowest BCUT2D eigenvalue weighted by Crippen LogP contribution is -2.24. The van der Waals surface area contributed by atoms with Crippen LogP contribution in [0.2, 0.25) is 0 Å². The second kappa shape index (κ2) is 6.20. The highest BCUT2D eigenvalue weighted by molar-refractivity contribution is 7.09. The Labute approximate surface area is 95.7 Å². The Bertz CT molecular complexity index is 288. The number of aromatic nitrogens is 1. The predicted molar refractivity (Wildman–Crippen MR) is 64.2 cm³/mol. The maximum absolute atomic E-state index is 6.03. The molecule has 1 heterocycles. The van der Waals surface area contributed by atoms with Crippen molar-refractivity contribution in [1.82, 2.24) is 4.98 Å². The Balaban J connectivity index is 2.27. The van der Waals surface area contributed by atoms with Crippen LogP contribution in [0.3, 0.4) is 0 Å². The molecular weight excluding hydrogens is 208 g/mol. The summed E-state index contributed by atoms with van der Waals surface area (Å²) in [7, 11) is 1.74. The number of methoxy groups -OCH3 is 1. The molecule has 2 N–H and O–H groups in total. The molecular formula is C11H20N2OS. The molecule has 0 aliphatic carbocycles. The number of rotatable bonds is 6. The Morgan fingerprint density at radius 3 is 2.80 bits per heavy atom. The molecule has 1 rings (SSSR count). The van der Waals surface area contributed by atoms with E-state index in [2.05, 4.69) is 17.3 Å². The Hall–Kier alpha value is -0.450. The molecule has 1 aromatic rings. The number of ether oxygens (including phenoxy) is 1. The molecule has 4 heteroatoms. The molecule has 0 aromatic carbocycles. The highest BCUT2D eigenvalue weighted by atomic mass is 32.1. The summed E-state index contributed by atoms with van der Waals surface area (Å²) in [6.07, 6.45) is 3.19. The molecule has 0 bridgehead atoms. The van der Waals surface area contributed by atoms with E-state index in [0.717, 1.165) is 30.0 Å². The van der Waals surface area contributed by atoms with E-state index >= 15 is 0 Å². The van der Waals surface area contributed by atoms with E-state index < -0.39 is 0 Å². The summed E-state index contributed by atoms with van der Waals surface area (Å²) >= 11 is 1.70. The average Bonchev–Trinajstić information content (AvgIpc) is 2.60. The molecule has 0 fully saturated rings. The van der Waals surface area contributed by atoms with Crippen LogP contribution in [0.5, 0.6) is 0 Å². The minimum absolute atomic E-state index is 0.202. The van der Waals surface area contributed by atoms with Gasteiger partial charge in [-0.2, -0.15) is 0 Å². The Morgan fingerprint density at radius 2 is 2.27 bits per heavy atom. The van der Waals surface area contributed by atoms with Crippen molar-refractivity contribution in [2.45, 2.75) is 45.3 Å². The third-order valence-corrected chi connectivity index (χ3v) is 3.44. The quantitative estimate of drug-likeness (QED) is 0.811. The van der Waals surface area contributed by atoms with Crippen LogP contribution in [0.15, 0.2) is 5.38 Å². The molecule has 2 atom stereocenters. The molecule has 0 aliphatic rings. The summed E-state index contributed by atoms with van der Waals surface area (Å²) in [5.74, 6) is 0. The van der Waals surface area contributed by atoms with E-state index in [4.69, 9.17) is 10.5 Å². The molecule has 86 valence electrons. The summed E-state index contributed by atoms with van der Waals surface area (Å²) < 4.78 is 5.19. The van der Waals surface area contributed by atoms with Gasteiger partial charge in [0.1, 0.15) is 0 Å². The number of aryl methyl sites for hydroxylation is 1. The van der Waals surface area contributed by atoms with Crippen LogP contribution in [0.25, 0.3) is 0 Å². The fourth-order valence-electron chi connectivity index (χ4n) is 1.39. The largest absolute Gasteiger partial charge is 0.382 e. The van der Waals surface area contributed by atoms with Crippen molar-refractivity contribution < 1.29 is 4.74 Å². The third-order valence-electron chi connectivity index (χ3n) is 2.45. The number of hydrogen-bond acceptors (Lipinski definition) is 4. The van der Waals surface area contributed by atoms with Crippen LogP contribution >= 0.6 is 11.3 Å². The van der Waals surface area contributed by atoms with Gasteiger partial charge in [0.05, 0.1) is 11.1 Å². The lowest BCUT2D eigenvalue weighted by atomic mass is 10.1. The first-order chi connectivity index (χ1) is 7.11. The van der Waals surface area contributed by atoms with E-state index in [9.17, 15) is 0 Å². The summed E-state index contributed by atoms with van der Waals surface area (Å²) in [6, 6.07) is 0.202. The zero-order chi connectivity index (χ0) is 11.3. The molecule has 0 radical (unpaired) electrons. The molecule has 1 aromatic heterocycles. The van der Waals surface area contributed by atoms with Crippen molar-refractivity contribution in [3.63, 3.8) is 0 Å². The Kier molecular flexibility index (Phi) is 5.22. The third kappa shape index (κ3) is 4.73. The lowest BCUT2D eigenvalue weighted by molar-refractivity contribution is 0.107. The molecule has 0 saturated heterocycles. The number of nitrogens with two attached hydrogens (primary N) is 1. The fourth-order valence-corrected chi connectivity index (χ4v) is 2.26. The monoisotopic (exact) mass is 228 g/mol. The second-order valence-corrected chi connectivity index (χ2v) is 4.91. The zero-order valence-electron chi connectivity index (χ0n) is 9.69. The summed E-state index contributed by atoms with van der Waals surface area (Å²) in [5, 5.41) is 3.21. The minimum atomic E-state index is 0.202. The van der Waals surface area contributed by atoms with Crippen molar-refractivity contribution in [3.05, 3.63) is 16.1 Å². The number of thiazole rings is 1. The van der Waals surface area contributed by atoms with Gasteiger partial charge in [-0.1, -0.05) is 0 Å². The van der Waals surface area contributed by atoms with Gasteiger partial charge in [0.25, 0.3) is 0 Å². The number of hydrogen-bond donors (Lipinski definition) is 1. The molecule has 0 spiro atoms. The van der Waals surface area contributed by atoms with Gasteiger partial charge in [-0.15, -0.1) is 11.3 Å². The molecule has 0 saturated carbocycles. The van der Waals surface area contributed by atoms with E-state index in [1.54, 1.807) is 18.4 Å². The van der Waals surface area contributed by atoms with Crippen LogP contribution < -0.4 is 5.73 Å². The van der Waals surface area contributed by atoms with Crippen LogP contribution in [-0.2, 0) is 11.2 Å². The van der Waals surface area contributed by atoms with E-state index in [0.29, 0.717) is 6.10 Å². The normalized spacial score (nSPS) is 15.2. The average molecular weight is 228 g/mol. The van der Waals surface area contributed by atoms with Crippen molar-refractivity contribution in [3.8, 4) is 0 Å². The fraction of sp³-hybridized carbons (Fsp3) is 0.727. The molecule has 0 aliphatic heterocycles. The van der Waals surface area contributed by atoms with Gasteiger partial charge in [-0.25, -0.2) is 4.98 Å². The van der Waals surface area contributed by atoms with Crippen molar-refractivity contribution in [2.24, 2.45) is 5.73 Å². The highest BCUT2D eigenvalue weighted by Crippen LogP contribution is 2.13. The first kappa shape index (κ1) is 12.6. The van der Waals surface area contributed by atoms with Gasteiger partial charge in [0.15, 0.2) is 0 Å². The van der Waals surface area contributed by atoms with Gasteiger partial charge in [0, 0.05) is 30.6 Å². The highest BCUT2D eigenvalue weighted by Gasteiger charge is 2.09. The SMILES string of the molecule is COC(C)CCC(N)Cc1nc(C)cs1. The van der Waals surface area contributed by atoms with Crippen molar-refractivity contribution >= 4 is 11.3 Å². The molecule has 3 nitrogen and oxygen atoms in total. The van der Waals surface area contributed by atoms with Crippen LogP contribution in [0, 0.1) is 6.92 Å². The van der Waals surface area contributed by atoms with Gasteiger partial charge >= 0.3 is 0 Å². The predicted octanol–water partition coefficient (Wildman–Crippen LogP) is 2.14. The second-order valence-electron chi connectivity index (χ2n) is 3.97. The summed E-state index contributed by atoms with van der Waals surface area (Å²) in [4.78, 5) is 4.41. The van der Waals surface area contributed by atoms with Crippen LogP contribution in [-0.4, -0.2) is 24.2 Å². The summed E-state index contributed by atoms with van der Waals surface area (Å²) in [5.41, 5.74) is 7.12. The lowest BCUT2D eigenvalue weighted by Gasteiger charge is -2.13. The van der Waals surface area contributed by atoms with Crippen LogP contribution in [0.4, 0.5) is 0 Å². The van der Waals surface area contributed by atoms with E-state index in [1.807, 2.05) is 6.92 Å². The maximum Gasteiger partial charge on any atom is 0.0943 e. The standard InChI is InChI=1S/C11H20N2OS/c1-8-7-15-11(13-8)6-10(12)5-4-9(2)14-3/h7,9-10H,4-6,12H2,1-3H3. The minimum Gasteiger partial charge on any atom is -0.382 e. The molecule has 15 heavy (non-hydrogen) atoms. The van der Waals surface area contributed by atoms with Gasteiger partial charge in [-0.05, 0) is 26.7 Å². The number of nitrogens with zero attached hydrogens (tertiary/aromatic N) is 1.